The predicted octanol–water partition coefficient (Wildman–Crippen LogP) is 5.54. The van der Waals surface area contributed by atoms with Crippen LogP contribution in [0.2, 0.25) is 0 Å². The Labute approximate surface area is 205 Å². The lowest BCUT2D eigenvalue weighted by Gasteiger charge is -2.19. The van der Waals surface area contributed by atoms with E-state index < -0.39 is 14.9 Å². The Morgan fingerprint density at radius 2 is 1.63 bits per heavy atom. The third kappa shape index (κ3) is 6.36. The molecular formula is C25H28N4O5S. The smallest absolute Gasteiger partial charge is 0.270 e. The molecule has 35 heavy (non-hydrogen) atoms. The average molecular weight is 497 g/mol. The summed E-state index contributed by atoms with van der Waals surface area (Å²) in [5.74, 6) is 0.561. The zero-order valence-electron chi connectivity index (χ0n) is 20.2. The van der Waals surface area contributed by atoms with Crippen LogP contribution in [-0.2, 0) is 15.4 Å². The van der Waals surface area contributed by atoms with Crippen LogP contribution in [0.1, 0.15) is 38.8 Å². The summed E-state index contributed by atoms with van der Waals surface area (Å²) in [6, 6.07) is 17.7. The van der Waals surface area contributed by atoms with Crippen LogP contribution in [-0.4, -0.2) is 26.2 Å². The first-order valence-electron chi connectivity index (χ1n) is 10.8. The van der Waals surface area contributed by atoms with Crippen LogP contribution in [0.15, 0.2) is 76.7 Å². The van der Waals surface area contributed by atoms with E-state index in [1.807, 2.05) is 24.3 Å². The molecule has 0 radical (unpaired) electrons. The van der Waals surface area contributed by atoms with Crippen molar-refractivity contribution in [2.24, 2.45) is 5.10 Å². The van der Waals surface area contributed by atoms with Crippen molar-refractivity contribution in [1.29, 1.82) is 0 Å². The van der Waals surface area contributed by atoms with Gasteiger partial charge < -0.3 is 4.74 Å². The van der Waals surface area contributed by atoms with Crippen LogP contribution >= 0.6 is 0 Å². The Bertz CT molecular complexity index is 1340. The first-order chi connectivity index (χ1) is 16.4. The number of rotatable bonds is 8. The molecule has 0 spiro atoms. The Balaban J connectivity index is 1.92. The SMILES string of the molecule is COc1ccc(NS(=O)(=O)c2cc([N+](=O)[O-])ccc2NN=C(C)c2ccc(C(C)(C)C)cc2)cc1. The number of nitrogens with one attached hydrogen (secondary N) is 2. The standard InChI is InChI=1S/C25H28N4O5S/c1-17(18-6-8-19(9-7-18)25(2,3)4)26-27-23-15-12-21(29(30)31)16-24(23)35(32,33)28-20-10-13-22(34-5)14-11-20/h6-16,27-28H,1-5H3. The molecule has 9 nitrogen and oxygen atoms in total. The van der Waals surface area contributed by atoms with Crippen LogP contribution in [0, 0.1) is 10.1 Å². The number of ether oxygens (including phenoxy) is 1. The molecule has 0 heterocycles. The summed E-state index contributed by atoms with van der Waals surface area (Å²) in [7, 11) is -2.68. The molecule has 3 rings (SSSR count). The van der Waals surface area contributed by atoms with E-state index in [0.717, 1.165) is 11.6 Å². The van der Waals surface area contributed by atoms with Gasteiger partial charge in [0.2, 0.25) is 0 Å². The van der Waals surface area contributed by atoms with Gasteiger partial charge in [-0.1, -0.05) is 45.0 Å². The molecule has 10 heteroatoms. The maximum atomic E-state index is 13.1. The number of hydrazone groups is 1. The van der Waals surface area contributed by atoms with E-state index in [-0.39, 0.29) is 27.4 Å². The zero-order valence-corrected chi connectivity index (χ0v) is 21.0. The van der Waals surface area contributed by atoms with Crippen molar-refractivity contribution in [3.05, 3.63) is 88.0 Å². The third-order valence-electron chi connectivity index (χ3n) is 5.32. The summed E-state index contributed by atoms with van der Waals surface area (Å²) in [4.78, 5) is 10.3. The van der Waals surface area contributed by atoms with Crippen molar-refractivity contribution in [3.8, 4) is 5.75 Å². The molecule has 3 aromatic carbocycles. The number of benzene rings is 3. The van der Waals surface area contributed by atoms with Crippen molar-refractivity contribution in [3.63, 3.8) is 0 Å². The second-order valence-corrected chi connectivity index (χ2v) is 10.6. The Morgan fingerprint density at radius 1 is 1.00 bits per heavy atom. The molecule has 0 saturated heterocycles. The minimum Gasteiger partial charge on any atom is -0.497 e. The highest BCUT2D eigenvalue weighted by molar-refractivity contribution is 7.92. The fourth-order valence-electron chi connectivity index (χ4n) is 3.23. The molecule has 0 saturated carbocycles. The minimum atomic E-state index is -4.18. The molecule has 3 aromatic rings. The van der Waals surface area contributed by atoms with Gasteiger partial charge in [-0.2, -0.15) is 5.10 Å². The Hall–Kier alpha value is -3.92. The van der Waals surface area contributed by atoms with Crippen molar-refractivity contribution < 1.29 is 18.1 Å². The van der Waals surface area contributed by atoms with Crippen LogP contribution in [0.3, 0.4) is 0 Å². The van der Waals surface area contributed by atoms with E-state index in [2.05, 4.69) is 36.0 Å². The molecule has 0 unspecified atom stereocenters. The quantitative estimate of drug-likeness (QED) is 0.240. The Kier molecular flexibility index (Phi) is 7.45. The summed E-state index contributed by atoms with van der Waals surface area (Å²) in [6.45, 7) is 8.16. The zero-order chi connectivity index (χ0) is 25.8. The molecule has 0 aliphatic rings. The second kappa shape index (κ2) is 10.1. The monoisotopic (exact) mass is 496 g/mol. The third-order valence-corrected chi connectivity index (χ3v) is 6.74. The maximum absolute atomic E-state index is 13.1. The topological polar surface area (TPSA) is 123 Å². The van der Waals surface area contributed by atoms with Gasteiger partial charge in [-0.3, -0.25) is 20.3 Å². The molecule has 184 valence electrons. The molecule has 0 fully saturated rings. The number of non-ortho nitro benzene ring substituents is 1. The highest BCUT2D eigenvalue weighted by Gasteiger charge is 2.23. The van der Waals surface area contributed by atoms with Gasteiger partial charge in [0.15, 0.2) is 0 Å². The fourth-order valence-corrected chi connectivity index (χ4v) is 4.46. The van der Waals surface area contributed by atoms with Crippen molar-refractivity contribution in [2.75, 3.05) is 17.3 Å². The van der Waals surface area contributed by atoms with E-state index in [4.69, 9.17) is 4.74 Å². The lowest BCUT2D eigenvalue weighted by molar-refractivity contribution is -0.385. The van der Waals surface area contributed by atoms with Gasteiger partial charge in [-0.05, 0) is 53.8 Å². The largest absolute Gasteiger partial charge is 0.497 e. The van der Waals surface area contributed by atoms with Gasteiger partial charge >= 0.3 is 0 Å². The molecule has 0 aromatic heterocycles. The van der Waals surface area contributed by atoms with Crippen LogP contribution in [0.25, 0.3) is 0 Å². The van der Waals surface area contributed by atoms with Gasteiger partial charge in [-0.25, -0.2) is 8.42 Å². The number of methoxy groups -OCH3 is 1. The highest BCUT2D eigenvalue weighted by Crippen LogP contribution is 2.29. The molecule has 0 amide bonds. The van der Waals surface area contributed by atoms with Crippen LogP contribution in [0.4, 0.5) is 17.1 Å². The Morgan fingerprint density at radius 3 is 2.17 bits per heavy atom. The summed E-state index contributed by atoms with van der Waals surface area (Å²) in [5.41, 5.74) is 5.45. The number of nitro benzene ring substituents is 1. The van der Waals surface area contributed by atoms with E-state index in [0.29, 0.717) is 11.5 Å². The first kappa shape index (κ1) is 25.7. The highest BCUT2D eigenvalue weighted by atomic mass is 32.2. The summed E-state index contributed by atoms with van der Waals surface area (Å²) >= 11 is 0. The van der Waals surface area contributed by atoms with Gasteiger partial charge in [0, 0.05) is 17.8 Å². The van der Waals surface area contributed by atoms with Crippen molar-refractivity contribution in [2.45, 2.75) is 38.0 Å². The lowest BCUT2D eigenvalue weighted by Crippen LogP contribution is -2.15. The number of hydrogen-bond acceptors (Lipinski definition) is 7. The maximum Gasteiger partial charge on any atom is 0.270 e. The molecule has 0 aliphatic heterocycles. The van der Waals surface area contributed by atoms with E-state index >= 15 is 0 Å². The minimum absolute atomic E-state index is 0.0146. The molecular weight excluding hydrogens is 468 g/mol. The van der Waals surface area contributed by atoms with Gasteiger partial charge in [0.1, 0.15) is 10.6 Å². The number of sulfonamides is 1. The summed E-state index contributed by atoms with van der Waals surface area (Å²) < 4.78 is 33.8. The number of nitro groups is 1. The predicted molar refractivity (Wildman–Crippen MR) is 138 cm³/mol. The average Bonchev–Trinajstić information content (AvgIpc) is 2.82. The lowest BCUT2D eigenvalue weighted by atomic mass is 9.86. The van der Waals surface area contributed by atoms with E-state index in [1.54, 1.807) is 19.1 Å². The van der Waals surface area contributed by atoms with Crippen molar-refractivity contribution >= 4 is 32.8 Å². The summed E-state index contributed by atoms with van der Waals surface area (Å²) in [5, 5.41) is 15.6. The number of nitrogens with zero attached hydrogens (tertiary/aromatic N) is 2. The van der Waals surface area contributed by atoms with Crippen molar-refractivity contribution in [1.82, 2.24) is 0 Å². The van der Waals surface area contributed by atoms with Gasteiger partial charge in [-0.15, -0.1) is 0 Å². The van der Waals surface area contributed by atoms with Crippen LogP contribution in [0.5, 0.6) is 5.75 Å². The molecule has 0 bridgehead atoms. The fraction of sp³-hybridized carbons (Fsp3) is 0.240. The summed E-state index contributed by atoms with van der Waals surface area (Å²) in [6.07, 6.45) is 0. The molecule has 0 aliphatic carbocycles. The van der Waals surface area contributed by atoms with Gasteiger partial charge in [0.25, 0.3) is 15.7 Å². The number of anilines is 2. The van der Waals surface area contributed by atoms with Crippen LogP contribution < -0.4 is 14.9 Å². The van der Waals surface area contributed by atoms with E-state index in [9.17, 15) is 18.5 Å². The molecule has 0 atom stereocenters. The van der Waals surface area contributed by atoms with Gasteiger partial charge in [0.05, 0.1) is 23.4 Å². The number of hydrogen-bond donors (Lipinski definition) is 2. The first-order valence-corrected chi connectivity index (χ1v) is 12.3. The molecule has 2 N–H and O–H groups in total. The van der Waals surface area contributed by atoms with E-state index in [1.165, 1.54) is 36.9 Å². The second-order valence-electron chi connectivity index (χ2n) is 8.91. The normalized spacial score (nSPS) is 12.2.